The van der Waals surface area contributed by atoms with E-state index in [1.807, 2.05) is 0 Å². The van der Waals surface area contributed by atoms with Crippen molar-refractivity contribution in [3.8, 4) is 0 Å². The number of carbonyl (C=O) groups is 2. The molecule has 0 atom stereocenters. The van der Waals surface area contributed by atoms with Crippen molar-refractivity contribution in [2.45, 2.75) is 38.0 Å². The Labute approximate surface area is 144 Å². The van der Waals surface area contributed by atoms with Crippen LogP contribution in [0.4, 0.5) is 10.2 Å². The maximum absolute atomic E-state index is 14.2. The Bertz CT molecular complexity index is 781. The van der Waals surface area contributed by atoms with Crippen molar-refractivity contribution >= 4 is 17.7 Å². The standard InChI is InChI=1S/C18H19FN2O4/c1-12-10-15(21-25-12)20-16(22)11-24-17(23)18(8-4-5-9-18)13-6-2-3-7-14(13)19/h2-3,6-7,10H,4-5,8-9,11H2,1H3,(H,20,21,22). The van der Waals surface area contributed by atoms with Crippen molar-refractivity contribution in [1.29, 1.82) is 0 Å². The van der Waals surface area contributed by atoms with Crippen LogP contribution in [-0.2, 0) is 19.7 Å². The number of aryl methyl sites for hydroxylation is 1. The van der Waals surface area contributed by atoms with E-state index in [4.69, 9.17) is 9.26 Å². The first-order valence-electron chi connectivity index (χ1n) is 8.17. The van der Waals surface area contributed by atoms with E-state index in [9.17, 15) is 14.0 Å². The second-order valence-corrected chi connectivity index (χ2v) is 6.22. The van der Waals surface area contributed by atoms with Crippen molar-refractivity contribution in [3.63, 3.8) is 0 Å². The Kier molecular flexibility index (Phi) is 4.83. The molecule has 2 aromatic rings. The molecule has 1 aromatic carbocycles. The zero-order valence-corrected chi connectivity index (χ0v) is 13.9. The van der Waals surface area contributed by atoms with E-state index >= 15 is 0 Å². The molecule has 0 bridgehead atoms. The van der Waals surface area contributed by atoms with Gasteiger partial charge < -0.3 is 14.6 Å². The molecule has 3 rings (SSSR count). The van der Waals surface area contributed by atoms with E-state index in [1.165, 1.54) is 6.07 Å². The summed E-state index contributed by atoms with van der Waals surface area (Å²) in [5.41, 5.74) is -0.680. The molecule has 0 spiro atoms. The maximum atomic E-state index is 14.2. The van der Waals surface area contributed by atoms with Crippen LogP contribution in [0.15, 0.2) is 34.9 Å². The third-order valence-electron chi connectivity index (χ3n) is 4.47. The number of halogens is 1. The van der Waals surface area contributed by atoms with Crippen LogP contribution in [0.5, 0.6) is 0 Å². The lowest BCUT2D eigenvalue weighted by Crippen LogP contribution is -2.37. The average Bonchev–Trinajstić information content (AvgIpc) is 3.23. The molecule has 0 aliphatic heterocycles. The summed E-state index contributed by atoms with van der Waals surface area (Å²) in [5.74, 6) is -0.714. The first kappa shape index (κ1) is 17.1. The molecule has 7 heteroatoms. The van der Waals surface area contributed by atoms with Crippen LogP contribution < -0.4 is 5.32 Å². The molecule has 1 heterocycles. The van der Waals surface area contributed by atoms with Crippen molar-refractivity contribution < 1.29 is 23.2 Å². The first-order chi connectivity index (χ1) is 12.0. The van der Waals surface area contributed by atoms with Crippen LogP contribution in [0.3, 0.4) is 0 Å². The molecular weight excluding hydrogens is 327 g/mol. The molecule has 25 heavy (non-hydrogen) atoms. The molecular formula is C18H19FN2O4. The molecule has 0 radical (unpaired) electrons. The summed E-state index contributed by atoms with van der Waals surface area (Å²) >= 11 is 0. The van der Waals surface area contributed by atoms with Gasteiger partial charge in [-0.15, -0.1) is 0 Å². The molecule has 132 valence electrons. The highest BCUT2D eigenvalue weighted by Crippen LogP contribution is 2.43. The van der Waals surface area contributed by atoms with Crippen molar-refractivity contribution in [2.24, 2.45) is 0 Å². The number of aromatic nitrogens is 1. The van der Waals surface area contributed by atoms with E-state index in [-0.39, 0.29) is 5.82 Å². The van der Waals surface area contributed by atoms with Gasteiger partial charge in [0.1, 0.15) is 11.6 Å². The summed E-state index contributed by atoms with van der Waals surface area (Å²) < 4.78 is 24.3. The quantitative estimate of drug-likeness (QED) is 0.841. The lowest BCUT2D eigenvalue weighted by atomic mass is 9.78. The number of anilines is 1. The minimum Gasteiger partial charge on any atom is -0.455 e. The Hall–Kier alpha value is -2.70. The maximum Gasteiger partial charge on any atom is 0.317 e. The molecule has 1 aromatic heterocycles. The Morgan fingerprint density at radius 3 is 2.68 bits per heavy atom. The molecule has 1 amide bonds. The lowest BCUT2D eigenvalue weighted by Gasteiger charge is -2.27. The van der Waals surface area contributed by atoms with Gasteiger partial charge in [-0.2, -0.15) is 0 Å². The fourth-order valence-electron chi connectivity index (χ4n) is 3.28. The minimum atomic E-state index is -1.02. The van der Waals surface area contributed by atoms with Crippen LogP contribution in [0.2, 0.25) is 0 Å². The monoisotopic (exact) mass is 346 g/mol. The predicted octanol–water partition coefficient (Wildman–Crippen LogP) is 3.12. The van der Waals surface area contributed by atoms with Crippen LogP contribution >= 0.6 is 0 Å². The number of carbonyl (C=O) groups excluding carboxylic acids is 2. The number of hydrogen-bond donors (Lipinski definition) is 1. The fraction of sp³-hybridized carbons (Fsp3) is 0.389. The van der Waals surface area contributed by atoms with Gasteiger partial charge in [0.05, 0.1) is 5.41 Å². The van der Waals surface area contributed by atoms with Crippen molar-refractivity contribution in [2.75, 3.05) is 11.9 Å². The molecule has 0 saturated heterocycles. The second kappa shape index (κ2) is 7.04. The number of amides is 1. The number of rotatable bonds is 5. The Morgan fingerprint density at radius 1 is 1.32 bits per heavy atom. The summed E-state index contributed by atoms with van der Waals surface area (Å²) in [6.45, 7) is 1.24. The number of nitrogens with zero attached hydrogens (tertiary/aromatic N) is 1. The highest BCUT2D eigenvalue weighted by Gasteiger charge is 2.45. The van der Waals surface area contributed by atoms with Crippen LogP contribution in [-0.4, -0.2) is 23.6 Å². The van der Waals surface area contributed by atoms with Gasteiger partial charge in [0.2, 0.25) is 0 Å². The molecule has 6 nitrogen and oxygen atoms in total. The van der Waals surface area contributed by atoms with Crippen LogP contribution in [0.25, 0.3) is 0 Å². The van der Waals surface area contributed by atoms with Gasteiger partial charge >= 0.3 is 5.97 Å². The van der Waals surface area contributed by atoms with E-state index in [2.05, 4.69) is 10.5 Å². The zero-order chi connectivity index (χ0) is 17.9. The summed E-state index contributed by atoms with van der Waals surface area (Å²) in [6.07, 6.45) is 2.65. The average molecular weight is 346 g/mol. The number of esters is 1. The topological polar surface area (TPSA) is 81.4 Å². The number of ether oxygens (including phenoxy) is 1. The SMILES string of the molecule is Cc1cc(NC(=O)COC(=O)C2(c3ccccc3F)CCCC2)no1. The van der Waals surface area contributed by atoms with Gasteiger partial charge in [-0.1, -0.05) is 36.2 Å². The Morgan fingerprint density at radius 2 is 2.04 bits per heavy atom. The van der Waals surface area contributed by atoms with E-state index in [1.54, 1.807) is 31.2 Å². The van der Waals surface area contributed by atoms with Crippen molar-refractivity contribution in [3.05, 3.63) is 47.5 Å². The normalized spacial score (nSPS) is 15.8. The van der Waals surface area contributed by atoms with Gasteiger partial charge in [-0.05, 0) is 25.8 Å². The van der Waals surface area contributed by atoms with Crippen LogP contribution in [0, 0.1) is 12.7 Å². The molecule has 0 unspecified atom stereocenters. The molecule has 1 aliphatic rings. The molecule has 1 aliphatic carbocycles. The predicted molar refractivity (Wildman–Crippen MR) is 87.4 cm³/mol. The summed E-state index contributed by atoms with van der Waals surface area (Å²) in [4.78, 5) is 24.6. The van der Waals surface area contributed by atoms with E-state index in [0.29, 0.717) is 24.2 Å². The second-order valence-electron chi connectivity index (χ2n) is 6.22. The van der Waals surface area contributed by atoms with E-state index in [0.717, 1.165) is 12.8 Å². The number of benzene rings is 1. The van der Waals surface area contributed by atoms with Gasteiger partial charge in [0.25, 0.3) is 5.91 Å². The third-order valence-corrected chi connectivity index (χ3v) is 4.47. The van der Waals surface area contributed by atoms with E-state index < -0.39 is 29.7 Å². The summed E-state index contributed by atoms with van der Waals surface area (Å²) in [5, 5.41) is 6.11. The summed E-state index contributed by atoms with van der Waals surface area (Å²) in [7, 11) is 0. The molecule has 1 saturated carbocycles. The van der Waals surface area contributed by atoms with Gasteiger partial charge in [-0.3, -0.25) is 9.59 Å². The summed E-state index contributed by atoms with van der Waals surface area (Å²) in [6, 6.07) is 7.78. The van der Waals surface area contributed by atoms with Crippen molar-refractivity contribution in [1.82, 2.24) is 5.16 Å². The number of nitrogens with one attached hydrogen (secondary N) is 1. The number of hydrogen-bond acceptors (Lipinski definition) is 5. The Balaban J connectivity index is 1.68. The largest absolute Gasteiger partial charge is 0.455 e. The van der Waals surface area contributed by atoms with Gasteiger partial charge in [0.15, 0.2) is 12.4 Å². The minimum absolute atomic E-state index is 0.253. The van der Waals surface area contributed by atoms with Crippen LogP contribution in [0.1, 0.15) is 37.0 Å². The fourth-order valence-corrected chi connectivity index (χ4v) is 3.28. The first-order valence-corrected chi connectivity index (χ1v) is 8.17. The highest BCUT2D eigenvalue weighted by atomic mass is 19.1. The lowest BCUT2D eigenvalue weighted by molar-refractivity contribution is -0.153. The third kappa shape index (κ3) is 3.55. The smallest absolute Gasteiger partial charge is 0.317 e. The highest BCUT2D eigenvalue weighted by molar-refractivity contribution is 5.93. The molecule has 1 N–H and O–H groups in total. The van der Waals surface area contributed by atoms with Gasteiger partial charge in [-0.25, -0.2) is 4.39 Å². The zero-order valence-electron chi connectivity index (χ0n) is 13.9. The van der Waals surface area contributed by atoms with Gasteiger partial charge in [0, 0.05) is 11.6 Å². The molecule has 1 fully saturated rings.